The maximum Gasteiger partial charge on any atom is 0.131 e. The van der Waals surface area contributed by atoms with E-state index in [4.69, 9.17) is 0 Å². The van der Waals surface area contributed by atoms with Crippen molar-refractivity contribution in [1.29, 1.82) is 0 Å². The molecule has 3 nitrogen and oxygen atoms in total. The van der Waals surface area contributed by atoms with Crippen LogP contribution in [0.3, 0.4) is 0 Å². The molecule has 0 radical (unpaired) electrons. The lowest BCUT2D eigenvalue weighted by atomic mass is 9.91. The highest BCUT2D eigenvalue weighted by Crippen LogP contribution is 2.31. The molecule has 4 heteroatoms. The van der Waals surface area contributed by atoms with Crippen LogP contribution < -0.4 is 5.32 Å². The number of halogens is 1. The summed E-state index contributed by atoms with van der Waals surface area (Å²) in [5.41, 5.74) is 4.57. The summed E-state index contributed by atoms with van der Waals surface area (Å²) in [4.78, 5) is 7.05. The van der Waals surface area contributed by atoms with Crippen LogP contribution in [0.1, 0.15) is 53.5 Å². The predicted octanol–water partition coefficient (Wildman–Crippen LogP) is 5.57. The van der Waals surface area contributed by atoms with Crippen molar-refractivity contribution in [3.05, 3.63) is 65.3 Å². The highest BCUT2D eigenvalue weighted by atomic mass is 19.1. The smallest absolute Gasteiger partial charge is 0.131 e. The summed E-state index contributed by atoms with van der Waals surface area (Å²) in [7, 11) is 0. The number of hydrogen-bond donors (Lipinski definition) is 1. The molecule has 1 aromatic rings. The van der Waals surface area contributed by atoms with Crippen molar-refractivity contribution in [3.63, 3.8) is 0 Å². The maximum atomic E-state index is 14.6. The van der Waals surface area contributed by atoms with Gasteiger partial charge in [0.05, 0.1) is 0 Å². The molecule has 1 aliphatic rings. The second-order valence-electron chi connectivity index (χ2n) is 7.88. The van der Waals surface area contributed by atoms with Gasteiger partial charge in [0.15, 0.2) is 0 Å². The van der Waals surface area contributed by atoms with Crippen molar-refractivity contribution in [2.75, 3.05) is 19.6 Å². The standard InChI is InChI=1S/C24H34FN3/c1-7-9-14-26-18(3)23(19(4)28-16-15-27-24(5,6)17-28)20(8-2)21-12-10-11-13-22(21)25/h8-14,27H,7,15-17H2,1-6H3/b14-9+,20-8-,23-19-,26-18+. The topological polar surface area (TPSA) is 27.6 Å². The molecule has 0 bridgehead atoms. The molecule has 0 aromatic heterocycles. The molecule has 0 atom stereocenters. The third-order valence-electron chi connectivity index (χ3n) is 5.10. The van der Waals surface area contributed by atoms with Gasteiger partial charge in [0, 0.05) is 53.9 Å². The molecule has 28 heavy (non-hydrogen) atoms. The molecule has 0 saturated carbocycles. The number of nitrogens with one attached hydrogen (secondary N) is 1. The molecule has 1 heterocycles. The molecule has 1 saturated heterocycles. The van der Waals surface area contributed by atoms with Gasteiger partial charge < -0.3 is 10.2 Å². The molecule has 1 aromatic carbocycles. The first-order valence-corrected chi connectivity index (χ1v) is 10.1. The van der Waals surface area contributed by atoms with Gasteiger partial charge in [-0.05, 0) is 52.7 Å². The Balaban J connectivity index is 2.60. The second-order valence-corrected chi connectivity index (χ2v) is 7.88. The van der Waals surface area contributed by atoms with E-state index >= 15 is 0 Å². The summed E-state index contributed by atoms with van der Waals surface area (Å²) in [6, 6.07) is 6.97. The number of benzene rings is 1. The number of piperazine rings is 1. The summed E-state index contributed by atoms with van der Waals surface area (Å²) in [5.74, 6) is -0.210. The minimum absolute atomic E-state index is 0.0336. The van der Waals surface area contributed by atoms with Gasteiger partial charge in [-0.25, -0.2) is 4.39 Å². The average molecular weight is 384 g/mol. The maximum absolute atomic E-state index is 14.6. The number of hydrogen-bond acceptors (Lipinski definition) is 3. The van der Waals surface area contributed by atoms with E-state index in [1.807, 2.05) is 44.3 Å². The fourth-order valence-electron chi connectivity index (χ4n) is 3.69. The van der Waals surface area contributed by atoms with Gasteiger partial charge in [0.2, 0.25) is 0 Å². The van der Waals surface area contributed by atoms with E-state index in [0.29, 0.717) is 5.56 Å². The summed E-state index contributed by atoms with van der Waals surface area (Å²) >= 11 is 0. The summed E-state index contributed by atoms with van der Waals surface area (Å²) in [6.45, 7) is 15.4. The van der Waals surface area contributed by atoms with Crippen molar-refractivity contribution in [2.45, 2.75) is 53.5 Å². The van der Waals surface area contributed by atoms with E-state index < -0.39 is 0 Å². The van der Waals surface area contributed by atoms with Crippen LogP contribution in [0.4, 0.5) is 4.39 Å². The van der Waals surface area contributed by atoms with Crippen LogP contribution in [0.5, 0.6) is 0 Å². The van der Waals surface area contributed by atoms with Crippen molar-refractivity contribution >= 4 is 11.3 Å². The van der Waals surface area contributed by atoms with Gasteiger partial charge in [0.1, 0.15) is 5.82 Å². The van der Waals surface area contributed by atoms with Gasteiger partial charge in [-0.15, -0.1) is 0 Å². The van der Waals surface area contributed by atoms with E-state index in [2.05, 4.69) is 42.9 Å². The molecular weight excluding hydrogens is 349 g/mol. The lowest BCUT2D eigenvalue weighted by Crippen LogP contribution is -2.56. The Morgan fingerprint density at radius 3 is 2.61 bits per heavy atom. The Labute approximate surface area is 169 Å². The minimum Gasteiger partial charge on any atom is -0.371 e. The van der Waals surface area contributed by atoms with Gasteiger partial charge in [0.25, 0.3) is 0 Å². The predicted molar refractivity (Wildman–Crippen MR) is 119 cm³/mol. The monoisotopic (exact) mass is 383 g/mol. The molecule has 0 unspecified atom stereocenters. The van der Waals surface area contributed by atoms with Crippen molar-refractivity contribution in [1.82, 2.24) is 10.2 Å². The summed E-state index contributed by atoms with van der Waals surface area (Å²) in [6.07, 6.45) is 6.81. The molecule has 1 aliphatic heterocycles. The quantitative estimate of drug-likeness (QED) is 0.513. The largest absolute Gasteiger partial charge is 0.371 e. The molecule has 1 fully saturated rings. The Hall–Kier alpha value is -2.20. The lowest BCUT2D eigenvalue weighted by molar-refractivity contribution is 0.191. The molecule has 0 aliphatic carbocycles. The molecular formula is C24H34FN3. The van der Waals surface area contributed by atoms with Crippen molar-refractivity contribution in [3.8, 4) is 0 Å². The minimum atomic E-state index is -0.210. The van der Waals surface area contributed by atoms with Gasteiger partial charge in [-0.3, -0.25) is 4.99 Å². The van der Waals surface area contributed by atoms with Gasteiger partial charge >= 0.3 is 0 Å². The van der Waals surface area contributed by atoms with Crippen LogP contribution in [0, 0.1) is 5.82 Å². The van der Waals surface area contributed by atoms with Gasteiger partial charge in [-0.1, -0.05) is 37.3 Å². The fourth-order valence-corrected chi connectivity index (χ4v) is 3.69. The van der Waals surface area contributed by atoms with Crippen LogP contribution >= 0.6 is 0 Å². The average Bonchev–Trinajstić information content (AvgIpc) is 2.65. The van der Waals surface area contributed by atoms with E-state index in [1.54, 1.807) is 6.07 Å². The Morgan fingerprint density at radius 1 is 1.29 bits per heavy atom. The first kappa shape index (κ1) is 22.1. The number of rotatable bonds is 6. The fraction of sp³-hybridized carbons (Fsp3) is 0.458. The first-order valence-electron chi connectivity index (χ1n) is 10.1. The van der Waals surface area contributed by atoms with Crippen molar-refractivity contribution in [2.24, 2.45) is 4.99 Å². The zero-order valence-electron chi connectivity index (χ0n) is 18.1. The Kier molecular flexibility index (Phi) is 7.76. The highest BCUT2D eigenvalue weighted by molar-refractivity contribution is 6.12. The third kappa shape index (κ3) is 5.41. The number of aliphatic imine (C=N–C) groups is 1. The lowest BCUT2D eigenvalue weighted by Gasteiger charge is -2.41. The molecule has 1 N–H and O–H groups in total. The van der Waals surface area contributed by atoms with E-state index in [1.165, 1.54) is 6.07 Å². The van der Waals surface area contributed by atoms with Gasteiger partial charge in [-0.2, -0.15) is 0 Å². The number of nitrogens with zero attached hydrogens (tertiary/aromatic N) is 2. The summed E-state index contributed by atoms with van der Waals surface area (Å²) < 4.78 is 14.6. The molecule has 0 spiro atoms. The Bertz CT molecular complexity index is 800. The van der Waals surface area contributed by atoms with E-state index in [0.717, 1.165) is 48.6 Å². The summed E-state index contributed by atoms with van der Waals surface area (Å²) in [5, 5.41) is 3.56. The van der Waals surface area contributed by atoms with Crippen LogP contribution in [0.15, 0.2) is 58.9 Å². The highest BCUT2D eigenvalue weighted by Gasteiger charge is 2.28. The molecule has 2 rings (SSSR count). The zero-order chi connectivity index (χ0) is 20.7. The van der Waals surface area contributed by atoms with Crippen LogP contribution in [-0.4, -0.2) is 35.8 Å². The van der Waals surface area contributed by atoms with Crippen LogP contribution in [0.25, 0.3) is 5.57 Å². The molecule has 0 amide bonds. The SMILES string of the molecule is C\C=C(C(/C(C)=N/C=C/CC)=C(/C)N1CCNC(C)(C)C1)\c1ccccc1F. The third-order valence-corrected chi connectivity index (χ3v) is 5.10. The van der Waals surface area contributed by atoms with E-state index in [-0.39, 0.29) is 11.4 Å². The molecule has 152 valence electrons. The Morgan fingerprint density at radius 2 is 2.00 bits per heavy atom. The zero-order valence-corrected chi connectivity index (χ0v) is 18.1. The second kappa shape index (κ2) is 9.83. The number of allylic oxidation sites excluding steroid dienone is 5. The van der Waals surface area contributed by atoms with Crippen LogP contribution in [0.2, 0.25) is 0 Å². The van der Waals surface area contributed by atoms with E-state index in [9.17, 15) is 4.39 Å². The van der Waals surface area contributed by atoms with Crippen LogP contribution in [-0.2, 0) is 0 Å². The first-order chi connectivity index (χ1) is 13.3. The van der Waals surface area contributed by atoms with Crippen molar-refractivity contribution < 1.29 is 4.39 Å². The normalized spacial score (nSPS) is 19.2.